The van der Waals surface area contributed by atoms with Gasteiger partial charge >= 0.3 is 0 Å². The summed E-state index contributed by atoms with van der Waals surface area (Å²) in [5, 5.41) is 4.35. The van der Waals surface area contributed by atoms with Crippen LogP contribution in [0.2, 0.25) is 0 Å². The molecule has 0 radical (unpaired) electrons. The van der Waals surface area contributed by atoms with Gasteiger partial charge in [-0.25, -0.2) is 4.39 Å². The summed E-state index contributed by atoms with van der Waals surface area (Å²) >= 11 is 0. The van der Waals surface area contributed by atoms with E-state index in [2.05, 4.69) is 18.9 Å². The molecule has 0 bridgehead atoms. The van der Waals surface area contributed by atoms with Gasteiger partial charge in [-0.05, 0) is 44.5 Å². The second-order valence-corrected chi connectivity index (χ2v) is 4.60. The fourth-order valence-electron chi connectivity index (χ4n) is 1.61. The van der Waals surface area contributed by atoms with Gasteiger partial charge in [0.25, 0.3) is 0 Å². The molecule has 0 N–H and O–H groups in total. The Hall–Kier alpha value is -1.84. The van der Waals surface area contributed by atoms with Crippen molar-refractivity contribution >= 4 is 0 Å². The van der Waals surface area contributed by atoms with E-state index < -0.39 is 0 Å². The average molecular weight is 248 g/mol. The smallest absolute Gasteiger partial charge is 0.165 e. The highest BCUT2D eigenvalue weighted by Gasteiger charge is 2.06. The Labute approximate surface area is 106 Å². The van der Waals surface area contributed by atoms with E-state index in [-0.39, 0.29) is 18.2 Å². The maximum atomic E-state index is 13.5. The highest BCUT2D eigenvalue weighted by atomic mass is 19.1. The summed E-state index contributed by atoms with van der Waals surface area (Å²) in [4.78, 5) is 0. The van der Waals surface area contributed by atoms with E-state index in [0.717, 1.165) is 11.3 Å². The Morgan fingerprint density at radius 2 is 2.11 bits per heavy atom. The largest absolute Gasteiger partial charge is 0.484 e. The molecule has 0 saturated carbocycles. The molecule has 2 aromatic rings. The number of rotatable bonds is 4. The second-order valence-electron chi connectivity index (χ2n) is 4.60. The van der Waals surface area contributed by atoms with Crippen LogP contribution in [0.25, 0.3) is 0 Å². The molecule has 1 aromatic heterocycles. The van der Waals surface area contributed by atoms with Gasteiger partial charge in [0, 0.05) is 12.2 Å². The van der Waals surface area contributed by atoms with Gasteiger partial charge in [-0.3, -0.25) is 4.68 Å². The maximum Gasteiger partial charge on any atom is 0.165 e. The SMILES string of the molecule is Cc1ccc(F)c(OCc2ccn(C(C)C)n2)c1. The van der Waals surface area contributed by atoms with Crippen LogP contribution in [0, 0.1) is 12.7 Å². The van der Waals surface area contributed by atoms with Gasteiger partial charge in [0.1, 0.15) is 6.61 Å². The summed E-state index contributed by atoms with van der Waals surface area (Å²) in [5.41, 5.74) is 1.77. The molecule has 0 unspecified atom stereocenters. The van der Waals surface area contributed by atoms with Crippen molar-refractivity contribution in [2.45, 2.75) is 33.4 Å². The summed E-state index contributed by atoms with van der Waals surface area (Å²) in [7, 11) is 0. The third-order valence-electron chi connectivity index (χ3n) is 2.65. The first-order valence-electron chi connectivity index (χ1n) is 5.99. The highest BCUT2D eigenvalue weighted by molar-refractivity contribution is 5.29. The molecule has 96 valence electrons. The number of aromatic nitrogens is 2. The van der Waals surface area contributed by atoms with E-state index in [9.17, 15) is 4.39 Å². The monoisotopic (exact) mass is 248 g/mol. The minimum Gasteiger partial charge on any atom is -0.484 e. The van der Waals surface area contributed by atoms with E-state index in [4.69, 9.17) is 4.74 Å². The Balaban J connectivity index is 2.04. The molecule has 0 amide bonds. The highest BCUT2D eigenvalue weighted by Crippen LogP contribution is 2.19. The number of hydrogen-bond acceptors (Lipinski definition) is 2. The summed E-state index contributed by atoms with van der Waals surface area (Å²) in [6.07, 6.45) is 1.90. The van der Waals surface area contributed by atoms with Gasteiger partial charge in [0.05, 0.1) is 5.69 Å². The normalized spacial score (nSPS) is 10.9. The molecule has 1 heterocycles. The topological polar surface area (TPSA) is 27.1 Å². The summed E-state index contributed by atoms with van der Waals surface area (Å²) < 4.78 is 20.8. The van der Waals surface area contributed by atoms with E-state index in [1.54, 1.807) is 12.1 Å². The van der Waals surface area contributed by atoms with Crippen LogP contribution in [0.5, 0.6) is 5.75 Å². The van der Waals surface area contributed by atoms with Gasteiger partial charge in [-0.2, -0.15) is 5.10 Å². The van der Waals surface area contributed by atoms with Crippen molar-refractivity contribution in [1.29, 1.82) is 0 Å². The lowest BCUT2D eigenvalue weighted by atomic mass is 10.2. The third kappa shape index (κ3) is 2.88. The van der Waals surface area contributed by atoms with Crippen molar-refractivity contribution in [1.82, 2.24) is 9.78 Å². The number of halogens is 1. The number of ether oxygens (including phenoxy) is 1. The molecule has 0 saturated heterocycles. The van der Waals surface area contributed by atoms with Crippen LogP contribution in [-0.4, -0.2) is 9.78 Å². The van der Waals surface area contributed by atoms with Crippen LogP contribution < -0.4 is 4.74 Å². The number of aryl methyl sites for hydroxylation is 1. The van der Waals surface area contributed by atoms with Gasteiger partial charge in [-0.15, -0.1) is 0 Å². The lowest BCUT2D eigenvalue weighted by molar-refractivity contribution is 0.283. The van der Waals surface area contributed by atoms with Crippen LogP contribution in [0.1, 0.15) is 31.1 Å². The second kappa shape index (κ2) is 5.21. The Morgan fingerprint density at radius 1 is 1.33 bits per heavy atom. The summed E-state index contributed by atoms with van der Waals surface area (Å²) in [5.74, 6) is -0.0713. The van der Waals surface area contributed by atoms with Crippen molar-refractivity contribution in [2.24, 2.45) is 0 Å². The fraction of sp³-hybridized carbons (Fsp3) is 0.357. The zero-order chi connectivity index (χ0) is 13.1. The molecule has 3 nitrogen and oxygen atoms in total. The van der Waals surface area contributed by atoms with Crippen molar-refractivity contribution in [3.05, 3.63) is 47.5 Å². The summed E-state index contributed by atoms with van der Waals surface area (Å²) in [6, 6.07) is 7.02. The lowest BCUT2D eigenvalue weighted by Gasteiger charge is -2.07. The number of hydrogen-bond donors (Lipinski definition) is 0. The zero-order valence-corrected chi connectivity index (χ0v) is 10.9. The first kappa shape index (κ1) is 12.6. The Morgan fingerprint density at radius 3 is 2.78 bits per heavy atom. The molecule has 0 spiro atoms. The molecule has 0 aliphatic rings. The third-order valence-corrected chi connectivity index (χ3v) is 2.65. The lowest BCUT2D eigenvalue weighted by Crippen LogP contribution is -2.04. The van der Waals surface area contributed by atoms with Crippen molar-refractivity contribution in [3.8, 4) is 5.75 Å². The number of benzene rings is 1. The Bertz CT molecular complexity index is 534. The van der Waals surface area contributed by atoms with E-state index in [1.807, 2.05) is 23.9 Å². The quantitative estimate of drug-likeness (QED) is 0.828. The van der Waals surface area contributed by atoms with E-state index in [0.29, 0.717) is 6.04 Å². The number of nitrogens with zero attached hydrogens (tertiary/aromatic N) is 2. The minimum absolute atomic E-state index is 0.272. The van der Waals surface area contributed by atoms with Crippen LogP contribution in [0.4, 0.5) is 4.39 Å². The molecule has 0 aliphatic heterocycles. The predicted molar refractivity (Wildman–Crippen MR) is 68.1 cm³/mol. The van der Waals surface area contributed by atoms with Crippen LogP contribution in [0.3, 0.4) is 0 Å². The molecule has 1 aromatic carbocycles. The Kier molecular flexibility index (Phi) is 3.65. The first-order chi connectivity index (χ1) is 8.56. The maximum absolute atomic E-state index is 13.5. The van der Waals surface area contributed by atoms with Crippen LogP contribution in [0.15, 0.2) is 30.5 Å². The van der Waals surface area contributed by atoms with Gasteiger partial charge < -0.3 is 4.74 Å². The zero-order valence-electron chi connectivity index (χ0n) is 10.9. The molecule has 0 aliphatic carbocycles. The summed E-state index contributed by atoms with van der Waals surface area (Å²) in [6.45, 7) is 6.29. The molecule has 18 heavy (non-hydrogen) atoms. The molecular weight excluding hydrogens is 231 g/mol. The van der Waals surface area contributed by atoms with E-state index >= 15 is 0 Å². The molecule has 4 heteroatoms. The molecule has 0 atom stereocenters. The predicted octanol–water partition coefficient (Wildman–Crippen LogP) is 3.49. The first-order valence-corrected chi connectivity index (χ1v) is 5.99. The standard InChI is InChI=1S/C14H17FN2O/c1-10(2)17-7-6-12(16-17)9-18-14-8-11(3)4-5-13(14)15/h4-8,10H,9H2,1-3H3. The molecular formula is C14H17FN2O. The van der Waals surface area contributed by atoms with Crippen molar-refractivity contribution < 1.29 is 9.13 Å². The fourth-order valence-corrected chi connectivity index (χ4v) is 1.61. The molecule has 0 fully saturated rings. The van der Waals surface area contributed by atoms with Crippen molar-refractivity contribution in [3.63, 3.8) is 0 Å². The van der Waals surface area contributed by atoms with Crippen LogP contribution >= 0.6 is 0 Å². The van der Waals surface area contributed by atoms with Gasteiger partial charge in [0.15, 0.2) is 11.6 Å². The average Bonchev–Trinajstić information content (AvgIpc) is 2.79. The van der Waals surface area contributed by atoms with E-state index in [1.165, 1.54) is 6.07 Å². The van der Waals surface area contributed by atoms with Crippen LogP contribution in [-0.2, 0) is 6.61 Å². The minimum atomic E-state index is -0.344. The van der Waals surface area contributed by atoms with Crippen molar-refractivity contribution in [2.75, 3.05) is 0 Å². The van der Waals surface area contributed by atoms with Gasteiger partial charge in [0.2, 0.25) is 0 Å². The van der Waals surface area contributed by atoms with Gasteiger partial charge in [-0.1, -0.05) is 6.07 Å². The molecule has 2 rings (SSSR count).